The van der Waals surface area contributed by atoms with Crippen LogP contribution < -0.4 is 5.73 Å². The summed E-state index contributed by atoms with van der Waals surface area (Å²) in [5.74, 6) is 4.48. The number of methoxy groups -OCH3 is 1. The Morgan fingerprint density at radius 3 is 2.89 bits per heavy atom. The van der Waals surface area contributed by atoms with Crippen LogP contribution >= 0.6 is 0 Å². The number of nitrogens with two attached hydrogens (primary N) is 1. The van der Waals surface area contributed by atoms with E-state index in [2.05, 4.69) is 11.8 Å². The van der Waals surface area contributed by atoms with Crippen molar-refractivity contribution < 1.29 is 13.9 Å². The summed E-state index contributed by atoms with van der Waals surface area (Å²) in [5, 5.41) is 0. The van der Waals surface area contributed by atoms with Crippen LogP contribution in [-0.2, 0) is 4.74 Å². The minimum Gasteiger partial charge on any atom is -0.383 e. The SMILES string of the molecule is COCCN(C)C(=O)c1cc(C#CCN)ccc1F. The maximum absolute atomic E-state index is 13.7. The van der Waals surface area contributed by atoms with E-state index < -0.39 is 11.7 Å². The zero-order chi connectivity index (χ0) is 14.3. The van der Waals surface area contributed by atoms with Gasteiger partial charge in [-0.1, -0.05) is 11.8 Å². The van der Waals surface area contributed by atoms with Gasteiger partial charge in [0, 0.05) is 26.3 Å². The topological polar surface area (TPSA) is 55.6 Å². The molecule has 0 aliphatic carbocycles. The molecule has 0 radical (unpaired) electrons. The molecule has 0 saturated carbocycles. The lowest BCUT2D eigenvalue weighted by atomic mass is 10.1. The van der Waals surface area contributed by atoms with Gasteiger partial charge in [-0.05, 0) is 18.2 Å². The molecule has 19 heavy (non-hydrogen) atoms. The number of ether oxygens (including phenoxy) is 1. The first kappa shape index (κ1) is 15.2. The fourth-order valence-corrected chi connectivity index (χ4v) is 1.46. The summed E-state index contributed by atoms with van der Waals surface area (Å²) in [5.41, 5.74) is 5.84. The molecule has 0 saturated heterocycles. The fraction of sp³-hybridized carbons (Fsp3) is 0.357. The lowest BCUT2D eigenvalue weighted by molar-refractivity contribution is 0.0739. The summed E-state index contributed by atoms with van der Waals surface area (Å²) >= 11 is 0. The second-order valence-electron chi connectivity index (χ2n) is 3.92. The number of hydrogen-bond acceptors (Lipinski definition) is 3. The minimum absolute atomic E-state index is 0.00224. The Balaban J connectivity index is 2.95. The van der Waals surface area contributed by atoms with Crippen molar-refractivity contribution in [2.45, 2.75) is 0 Å². The number of likely N-dealkylation sites (N-methyl/N-ethyl adjacent to an activating group) is 1. The van der Waals surface area contributed by atoms with Gasteiger partial charge in [-0.2, -0.15) is 0 Å². The van der Waals surface area contributed by atoms with Crippen LogP contribution in [0.2, 0.25) is 0 Å². The molecule has 4 nitrogen and oxygen atoms in total. The maximum atomic E-state index is 13.7. The average molecular weight is 264 g/mol. The van der Waals surface area contributed by atoms with Crippen LogP contribution in [0.1, 0.15) is 15.9 Å². The fourth-order valence-electron chi connectivity index (χ4n) is 1.46. The first-order chi connectivity index (χ1) is 9.10. The smallest absolute Gasteiger partial charge is 0.256 e. The molecule has 0 bridgehead atoms. The second-order valence-corrected chi connectivity index (χ2v) is 3.92. The third kappa shape index (κ3) is 4.36. The van der Waals surface area contributed by atoms with Crippen LogP contribution in [0, 0.1) is 17.7 Å². The van der Waals surface area contributed by atoms with Crippen LogP contribution in [0.5, 0.6) is 0 Å². The van der Waals surface area contributed by atoms with E-state index in [1.165, 1.54) is 23.1 Å². The van der Waals surface area contributed by atoms with Crippen molar-refractivity contribution in [2.24, 2.45) is 5.73 Å². The van der Waals surface area contributed by atoms with Crippen LogP contribution in [0.4, 0.5) is 4.39 Å². The van der Waals surface area contributed by atoms with E-state index in [1.54, 1.807) is 14.2 Å². The molecule has 0 unspecified atom stereocenters. The van der Waals surface area contributed by atoms with E-state index >= 15 is 0 Å². The van der Waals surface area contributed by atoms with E-state index in [4.69, 9.17) is 10.5 Å². The number of rotatable bonds is 4. The Hall–Kier alpha value is -1.90. The van der Waals surface area contributed by atoms with E-state index in [0.29, 0.717) is 18.7 Å². The highest BCUT2D eigenvalue weighted by Crippen LogP contribution is 2.12. The highest BCUT2D eigenvalue weighted by Gasteiger charge is 2.16. The monoisotopic (exact) mass is 264 g/mol. The Morgan fingerprint density at radius 2 is 2.26 bits per heavy atom. The molecule has 1 amide bonds. The van der Waals surface area contributed by atoms with Gasteiger partial charge in [0.25, 0.3) is 5.91 Å². The van der Waals surface area contributed by atoms with Gasteiger partial charge in [0.2, 0.25) is 0 Å². The average Bonchev–Trinajstić information content (AvgIpc) is 2.43. The standard InChI is InChI=1S/C14H17FN2O2/c1-17(8-9-19-2)14(18)12-10-11(4-3-7-16)5-6-13(12)15/h5-6,10H,7-9,16H2,1-2H3. The number of carbonyl (C=O) groups excluding carboxylic acids is 1. The Morgan fingerprint density at radius 1 is 1.53 bits per heavy atom. The Bertz CT molecular complexity index is 506. The van der Waals surface area contributed by atoms with Crippen LogP contribution in [-0.4, -0.2) is 44.7 Å². The summed E-state index contributed by atoms with van der Waals surface area (Å²) in [6.07, 6.45) is 0. The number of amides is 1. The predicted octanol–water partition coefficient (Wildman–Crippen LogP) is 0.854. The summed E-state index contributed by atoms with van der Waals surface area (Å²) < 4.78 is 18.6. The first-order valence-corrected chi connectivity index (χ1v) is 5.83. The summed E-state index contributed by atoms with van der Waals surface area (Å²) in [6, 6.07) is 4.19. The van der Waals surface area contributed by atoms with Crippen molar-refractivity contribution in [3.8, 4) is 11.8 Å². The quantitative estimate of drug-likeness (QED) is 0.820. The molecule has 102 valence electrons. The van der Waals surface area contributed by atoms with Gasteiger partial charge in [-0.3, -0.25) is 4.79 Å². The molecule has 0 aliphatic rings. The number of benzene rings is 1. The van der Waals surface area contributed by atoms with Gasteiger partial charge in [0.05, 0.1) is 18.7 Å². The van der Waals surface area contributed by atoms with Gasteiger partial charge in [-0.25, -0.2) is 4.39 Å². The zero-order valence-electron chi connectivity index (χ0n) is 11.1. The highest BCUT2D eigenvalue weighted by atomic mass is 19.1. The summed E-state index contributed by atoms with van der Waals surface area (Å²) in [7, 11) is 3.14. The Kier molecular flexibility index (Phi) is 6.00. The lowest BCUT2D eigenvalue weighted by Crippen LogP contribution is -2.30. The van der Waals surface area contributed by atoms with E-state index in [0.717, 1.165) is 0 Å². The zero-order valence-corrected chi connectivity index (χ0v) is 11.1. The van der Waals surface area contributed by atoms with Crippen molar-refractivity contribution in [3.63, 3.8) is 0 Å². The van der Waals surface area contributed by atoms with Gasteiger partial charge in [-0.15, -0.1) is 0 Å². The van der Waals surface area contributed by atoms with E-state index in [1.807, 2.05) is 0 Å². The van der Waals surface area contributed by atoms with Gasteiger partial charge in [0.1, 0.15) is 5.82 Å². The molecule has 1 rings (SSSR count). The van der Waals surface area contributed by atoms with Crippen LogP contribution in [0.25, 0.3) is 0 Å². The minimum atomic E-state index is -0.562. The van der Waals surface area contributed by atoms with Gasteiger partial charge in [0.15, 0.2) is 0 Å². The number of halogens is 1. The predicted molar refractivity (Wildman–Crippen MR) is 71.2 cm³/mol. The van der Waals surface area contributed by atoms with Crippen molar-refractivity contribution >= 4 is 5.91 Å². The van der Waals surface area contributed by atoms with Crippen molar-refractivity contribution in [1.29, 1.82) is 0 Å². The molecule has 5 heteroatoms. The first-order valence-electron chi connectivity index (χ1n) is 5.83. The number of carbonyl (C=O) groups is 1. The molecule has 0 heterocycles. The van der Waals surface area contributed by atoms with Gasteiger partial charge >= 0.3 is 0 Å². The Labute approximate surface area is 112 Å². The molecule has 0 aliphatic heterocycles. The van der Waals surface area contributed by atoms with Crippen molar-refractivity contribution in [3.05, 3.63) is 35.1 Å². The van der Waals surface area contributed by atoms with Crippen molar-refractivity contribution in [1.82, 2.24) is 4.90 Å². The lowest BCUT2D eigenvalue weighted by Gasteiger charge is -2.17. The summed E-state index contributed by atoms with van der Waals surface area (Å²) in [4.78, 5) is 13.5. The molecule has 1 aromatic rings. The van der Waals surface area contributed by atoms with E-state index in [-0.39, 0.29) is 12.1 Å². The molecular formula is C14H17FN2O2. The normalized spacial score (nSPS) is 9.68. The number of hydrogen-bond donors (Lipinski definition) is 1. The third-order valence-corrected chi connectivity index (χ3v) is 2.51. The maximum Gasteiger partial charge on any atom is 0.256 e. The molecule has 2 N–H and O–H groups in total. The molecule has 0 spiro atoms. The van der Waals surface area contributed by atoms with Crippen LogP contribution in [0.3, 0.4) is 0 Å². The second kappa shape index (κ2) is 7.52. The highest BCUT2D eigenvalue weighted by molar-refractivity contribution is 5.94. The molecular weight excluding hydrogens is 247 g/mol. The molecule has 1 aromatic carbocycles. The number of nitrogens with zero attached hydrogens (tertiary/aromatic N) is 1. The van der Waals surface area contributed by atoms with Crippen LogP contribution in [0.15, 0.2) is 18.2 Å². The van der Waals surface area contributed by atoms with Gasteiger partial charge < -0.3 is 15.4 Å². The molecule has 0 aromatic heterocycles. The van der Waals surface area contributed by atoms with Crippen molar-refractivity contribution in [2.75, 3.05) is 33.9 Å². The third-order valence-electron chi connectivity index (χ3n) is 2.51. The summed E-state index contributed by atoms with van der Waals surface area (Å²) in [6.45, 7) is 1.01. The molecule has 0 fully saturated rings. The van der Waals surface area contributed by atoms with E-state index in [9.17, 15) is 9.18 Å². The largest absolute Gasteiger partial charge is 0.383 e. The molecule has 0 atom stereocenters.